The van der Waals surface area contributed by atoms with Crippen molar-refractivity contribution in [3.8, 4) is 22.8 Å². The number of H-pyrrole nitrogens is 1. The largest absolute Gasteiger partial charge is 0.507 e. The van der Waals surface area contributed by atoms with Gasteiger partial charge in [0.2, 0.25) is 0 Å². The molecule has 0 radical (unpaired) electrons. The number of ether oxygens (including phenoxy) is 1. The van der Waals surface area contributed by atoms with Crippen molar-refractivity contribution >= 4 is 5.91 Å². The molecule has 1 aliphatic rings. The van der Waals surface area contributed by atoms with Crippen molar-refractivity contribution < 1.29 is 14.6 Å². The minimum absolute atomic E-state index is 0.0453. The van der Waals surface area contributed by atoms with Crippen molar-refractivity contribution in [3.63, 3.8) is 0 Å². The smallest absolute Gasteiger partial charge is 0.273 e. The molecule has 4 rings (SSSR count). The molecule has 0 saturated carbocycles. The third-order valence-electron chi connectivity index (χ3n) is 6.51. The van der Waals surface area contributed by atoms with Gasteiger partial charge in [-0.05, 0) is 61.6 Å². The molecule has 2 heterocycles. The summed E-state index contributed by atoms with van der Waals surface area (Å²) in [6, 6.07) is 11.6. The monoisotopic (exact) mass is 461 g/mol. The third-order valence-corrected chi connectivity index (χ3v) is 6.51. The molecule has 0 saturated heterocycles. The summed E-state index contributed by atoms with van der Waals surface area (Å²) >= 11 is 0. The Kier molecular flexibility index (Phi) is 7.25. The molecular formula is C28H35N3O3. The number of aryl methyl sites for hydroxylation is 2. The van der Waals surface area contributed by atoms with Gasteiger partial charge < -0.3 is 14.7 Å². The van der Waals surface area contributed by atoms with E-state index >= 15 is 0 Å². The molecule has 1 aliphatic heterocycles. The van der Waals surface area contributed by atoms with Crippen LogP contribution >= 0.6 is 0 Å². The maximum atomic E-state index is 13.5. The quantitative estimate of drug-likeness (QED) is 0.347. The minimum atomic E-state index is -0.289. The van der Waals surface area contributed by atoms with Gasteiger partial charge in [-0.1, -0.05) is 51.3 Å². The maximum absolute atomic E-state index is 13.5. The second-order valence-corrected chi connectivity index (χ2v) is 9.22. The number of benzene rings is 2. The van der Waals surface area contributed by atoms with E-state index in [1.807, 2.05) is 55.1 Å². The lowest BCUT2D eigenvalue weighted by Gasteiger charge is -2.27. The highest BCUT2D eigenvalue weighted by Crippen LogP contribution is 2.45. The van der Waals surface area contributed by atoms with Gasteiger partial charge in [0, 0.05) is 17.7 Å². The molecule has 1 amide bonds. The van der Waals surface area contributed by atoms with Crippen LogP contribution in [0, 0.1) is 13.8 Å². The summed E-state index contributed by atoms with van der Waals surface area (Å²) in [4.78, 5) is 15.4. The molecule has 0 bridgehead atoms. The number of carbonyl (C=O) groups is 1. The van der Waals surface area contributed by atoms with E-state index < -0.39 is 0 Å². The van der Waals surface area contributed by atoms with E-state index in [1.54, 1.807) is 0 Å². The lowest BCUT2D eigenvalue weighted by atomic mass is 9.94. The van der Waals surface area contributed by atoms with Crippen LogP contribution in [-0.4, -0.2) is 39.3 Å². The fraction of sp³-hybridized carbons (Fsp3) is 0.429. The van der Waals surface area contributed by atoms with Crippen molar-refractivity contribution in [1.82, 2.24) is 15.1 Å². The zero-order chi connectivity index (χ0) is 24.2. The van der Waals surface area contributed by atoms with Crippen LogP contribution in [-0.2, 0) is 0 Å². The lowest BCUT2D eigenvalue weighted by molar-refractivity contribution is 0.0740. The molecule has 0 fully saturated rings. The number of aromatic nitrogens is 2. The zero-order valence-corrected chi connectivity index (χ0v) is 20.6. The van der Waals surface area contributed by atoms with Crippen molar-refractivity contribution in [2.24, 2.45) is 0 Å². The first kappa shape index (κ1) is 23.9. The summed E-state index contributed by atoms with van der Waals surface area (Å²) in [5, 5.41) is 18.4. The SMILES string of the molecule is CCCCCN1C(=O)c2[nH]nc(-c3cc(C)cc(C)c3O)c2C1c1cccc(OCCCC)c1. The Labute approximate surface area is 202 Å². The predicted molar refractivity (Wildman–Crippen MR) is 134 cm³/mol. The number of hydrogen-bond acceptors (Lipinski definition) is 4. The highest BCUT2D eigenvalue weighted by molar-refractivity contribution is 6.00. The molecule has 34 heavy (non-hydrogen) atoms. The number of fused-ring (bicyclic) bond motifs is 1. The Bertz CT molecular complexity index is 1170. The summed E-state index contributed by atoms with van der Waals surface area (Å²) in [6.07, 6.45) is 5.16. The van der Waals surface area contributed by atoms with Gasteiger partial charge >= 0.3 is 0 Å². The number of phenols is 1. The molecule has 2 N–H and O–H groups in total. The molecule has 1 atom stereocenters. The number of nitrogens with one attached hydrogen (secondary N) is 1. The molecule has 0 aliphatic carbocycles. The molecular weight excluding hydrogens is 426 g/mol. The van der Waals surface area contributed by atoms with Gasteiger partial charge in [0.05, 0.1) is 12.6 Å². The van der Waals surface area contributed by atoms with Crippen LogP contribution < -0.4 is 4.74 Å². The van der Waals surface area contributed by atoms with Crippen molar-refractivity contribution in [1.29, 1.82) is 0 Å². The molecule has 6 heteroatoms. The van der Waals surface area contributed by atoms with Crippen LogP contribution in [0.1, 0.15) is 84.7 Å². The van der Waals surface area contributed by atoms with Crippen molar-refractivity contribution in [3.05, 3.63) is 64.3 Å². The van der Waals surface area contributed by atoms with E-state index in [-0.39, 0.29) is 17.7 Å². The number of nitrogens with zero attached hydrogens (tertiary/aromatic N) is 2. The second-order valence-electron chi connectivity index (χ2n) is 9.22. The van der Waals surface area contributed by atoms with Crippen molar-refractivity contribution in [2.75, 3.05) is 13.2 Å². The number of phenolic OH excluding ortho intramolecular Hbond substituents is 1. The Morgan fingerprint density at radius 1 is 1.09 bits per heavy atom. The number of carbonyl (C=O) groups excluding carboxylic acids is 1. The van der Waals surface area contributed by atoms with E-state index in [0.717, 1.165) is 60.1 Å². The average molecular weight is 462 g/mol. The van der Waals surface area contributed by atoms with E-state index in [4.69, 9.17) is 4.74 Å². The van der Waals surface area contributed by atoms with Gasteiger partial charge in [0.1, 0.15) is 22.9 Å². The molecule has 2 aromatic carbocycles. The molecule has 3 aromatic rings. The minimum Gasteiger partial charge on any atom is -0.507 e. The van der Waals surface area contributed by atoms with Crippen LogP contribution in [0.25, 0.3) is 11.3 Å². The van der Waals surface area contributed by atoms with E-state index in [9.17, 15) is 9.90 Å². The Hall–Kier alpha value is -3.28. The summed E-state index contributed by atoms with van der Waals surface area (Å²) in [5.41, 5.74) is 5.43. The third kappa shape index (κ3) is 4.54. The Morgan fingerprint density at radius 3 is 2.65 bits per heavy atom. The number of unbranched alkanes of at least 4 members (excludes halogenated alkanes) is 3. The van der Waals surface area contributed by atoms with Gasteiger partial charge in [-0.3, -0.25) is 9.89 Å². The fourth-order valence-electron chi connectivity index (χ4n) is 4.76. The van der Waals surface area contributed by atoms with E-state index in [1.165, 1.54) is 0 Å². The summed E-state index contributed by atoms with van der Waals surface area (Å²) in [6.45, 7) is 9.52. The average Bonchev–Trinajstić information content (AvgIpc) is 3.36. The van der Waals surface area contributed by atoms with Gasteiger partial charge in [-0.15, -0.1) is 0 Å². The van der Waals surface area contributed by atoms with Crippen LogP contribution in [0.2, 0.25) is 0 Å². The Morgan fingerprint density at radius 2 is 1.88 bits per heavy atom. The highest BCUT2D eigenvalue weighted by Gasteiger charge is 2.42. The number of hydrogen-bond donors (Lipinski definition) is 2. The summed E-state index contributed by atoms with van der Waals surface area (Å²) in [5.74, 6) is 0.961. The normalized spacial score (nSPS) is 15.1. The number of amides is 1. The molecule has 0 spiro atoms. The standard InChI is InChI=1S/C28H35N3O3/c1-5-7-9-13-31-26(20-11-10-12-21(17-20)34-14-8-6-2)23-24(29-30-25(23)28(31)33)22-16-18(3)15-19(4)27(22)32/h10-12,15-17,26,32H,5-9,13-14H2,1-4H3,(H,29,30). The van der Waals surface area contributed by atoms with Crippen molar-refractivity contribution in [2.45, 2.75) is 65.8 Å². The van der Waals surface area contributed by atoms with Gasteiger partial charge in [0.15, 0.2) is 0 Å². The van der Waals surface area contributed by atoms with E-state index in [2.05, 4.69) is 24.0 Å². The molecule has 6 nitrogen and oxygen atoms in total. The summed E-state index contributed by atoms with van der Waals surface area (Å²) < 4.78 is 5.98. The van der Waals surface area contributed by atoms with E-state index in [0.29, 0.717) is 30.1 Å². The molecule has 180 valence electrons. The number of aromatic amines is 1. The number of rotatable bonds is 10. The fourth-order valence-corrected chi connectivity index (χ4v) is 4.76. The first-order valence-electron chi connectivity index (χ1n) is 12.4. The van der Waals surface area contributed by atoms with Gasteiger partial charge in [-0.25, -0.2) is 0 Å². The van der Waals surface area contributed by atoms with Crippen LogP contribution in [0.3, 0.4) is 0 Å². The second kappa shape index (κ2) is 10.3. The van der Waals surface area contributed by atoms with Crippen LogP contribution in [0.4, 0.5) is 0 Å². The Balaban J connectivity index is 1.81. The zero-order valence-electron chi connectivity index (χ0n) is 20.6. The lowest BCUT2D eigenvalue weighted by Crippen LogP contribution is -2.30. The molecule has 1 aromatic heterocycles. The number of aromatic hydroxyl groups is 1. The first-order chi connectivity index (χ1) is 16.5. The van der Waals surface area contributed by atoms with Gasteiger partial charge in [-0.2, -0.15) is 5.10 Å². The van der Waals surface area contributed by atoms with Crippen LogP contribution in [0.15, 0.2) is 36.4 Å². The van der Waals surface area contributed by atoms with Crippen LogP contribution in [0.5, 0.6) is 11.5 Å². The maximum Gasteiger partial charge on any atom is 0.273 e. The molecule has 1 unspecified atom stereocenters. The highest BCUT2D eigenvalue weighted by atomic mass is 16.5. The summed E-state index contributed by atoms with van der Waals surface area (Å²) in [7, 11) is 0. The first-order valence-corrected chi connectivity index (χ1v) is 12.4. The van der Waals surface area contributed by atoms with Gasteiger partial charge in [0.25, 0.3) is 5.91 Å². The predicted octanol–water partition coefficient (Wildman–Crippen LogP) is 6.31. The topological polar surface area (TPSA) is 78.5 Å².